The Labute approximate surface area is 332 Å². The molecule has 0 N–H and O–H groups in total. The molecule has 0 bridgehead atoms. The number of hydrogen-bond donors (Lipinski definition) is 0. The Morgan fingerprint density at radius 3 is 1.96 bits per heavy atom. The number of furan rings is 1. The first-order valence-corrected chi connectivity index (χ1v) is 20.2. The van der Waals surface area contributed by atoms with Crippen LogP contribution in [0.5, 0.6) is 0 Å². The van der Waals surface area contributed by atoms with Crippen molar-refractivity contribution in [3.05, 3.63) is 182 Å². The van der Waals surface area contributed by atoms with Crippen LogP contribution in [0.2, 0.25) is 0 Å². The molecule has 57 heavy (non-hydrogen) atoms. The number of thiophene rings is 1. The molecular weight excluding hydrogens is 715 g/mol. The third-order valence-corrected chi connectivity index (χ3v) is 12.7. The van der Waals surface area contributed by atoms with E-state index in [0.29, 0.717) is 0 Å². The second kappa shape index (κ2) is 12.7. The highest BCUT2D eigenvalue weighted by Crippen LogP contribution is 2.42. The first kappa shape index (κ1) is 32.2. The maximum Gasteiger partial charge on any atom is 0.135 e. The summed E-state index contributed by atoms with van der Waals surface area (Å²) in [6.45, 7) is 0. The predicted octanol–water partition coefficient (Wildman–Crippen LogP) is 14.5. The fourth-order valence-electron chi connectivity index (χ4n) is 8.84. The molecule has 4 nitrogen and oxygen atoms in total. The fourth-order valence-corrected chi connectivity index (χ4v) is 9.93. The average Bonchev–Trinajstić information content (AvgIpc) is 3.95. The van der Waals surface area contributed by atoms with Crippen molar-refractivity contribution in [2.45, 2.75) is 12.8 Å². The van der Waals surface area contributed by atoms with Crippen LogP contribution in [0.1, 0.15) is 18.4 Å². The quantitative estimate of drug-likeness (QED) is 0.176. The normalized spacial score (nSPS) is 13.2. The molecule has 0 fully saturated rings. The van der Waals surface area contributed by atoms with Crippen molar-refractivity contribution in [3.8, 4) is 39.2 Å². The van der Waals surface area contributed by atoms with Crippen molar-refractivity contribution in [2.75, 3.05) is 0 Å². The molecule has 5 heterocycles. The SMILES string of the molecule is C1=CN=C(c2ccc3oc4ccc(-c5ccc6c(c5)c5cc(-c7ccccc7-c7ccccn7)ccc5n6-c5ccc6sc7ccccc7c6c5)cc4c3c2)CC1. The van der Waals surface area contributed by atoms with Crippen LogP contribution in [-0.4, -0.2) is 15.3 Å². The van der Waals surface area contributed by atoms with Crippen LogP contribution in [0.15, 0.2) is 186 Å². The van der Waals surface area contributed by atoms with Crippen molar-refractivity contribution >= 4 is 81.0 Å². The summed E-state index contributed by atoms with van der Waals surface area (Å²) >= 11 is 1.85. The molecule has 0 spiro atoms. The molecule has 5 heteroatoms. The molecule has 4 aromatic heterocycles. The Kier molecular flexibility index (Phi) is 7.19. The second-order valence-electron chi connectivity index (χ2n) is 14.9. The van der Waals surface area contributed by atoms with Gasteiger partial charge >= 0.3 is 0 Å². The van der Waals surface area contributed by atoms with E-state index in [-0.39, 0.29) is 0 Å². The molecule has 0 radical (unpaired) electrons. The van der Waals surface area contributed by atoms with Gasteiger partial charge in [0.1, 0.15) is 11.2 Å². The molecular formula is C52H33N3OS. The summed E-state index contributed by atoms with van der Waals surface area (Å²) < 4.78 is 11.4. The molecule has 1 aliphatic heterocycles. The zero-order chi connectivity index (χ0) is 37.5. The highest BCUT2D eigenvalue weighted by molar-refractivity contribution is 7.25. The van der Waals surface area contributed by atoms with E-state index in [0.717, 1.165) is 85.3 Å². The second-order valence-corrected chi connectivity index (χ2v) is 15.9. The maximum atomic E-state index is 6.35. The molecule has 0 saturated carbocycles. The van der Waals surface area contributed by atoms with E-state index < -0.39 is 0 Å². The van der Waals surface area contributed by atoms with Crippen molar-refractivity contribution in [2.24, 2.45) is 4.99 Å². The molecule has 12 rings (SSSR count). The summed E-state index contributed by atoms with van der Waals surface area (Å²) in [7, 11) is 0. The van der Waals surface area contributed by atoms with Crippen LogP contribution >= 0.6 is 11.3 Å². The van der Waals surface area contributed by atoms with Gasteiger partial charge in [0.25, 0.3) is 0 Å². The number of fused-ring (bicyclic) bond motifs is 9. The van der Waals surface area contributed by atoms with E-state index >= 15 is 0 Å². The van der Waals surface area contributed by atoms with Gasteiger partial charge in [0, 0.05) is 71.1 Å². The number of pyridine rings is 1. The lowest BCUT2D eigenvalue weighted by Crippen LogP contribution is -2.01. The van der Waals surface area contributed by atoms with E-state index in [4.69, 9.17) is 9.40 Å². The molecule has 0 atom stereocenters. The number of benzene rings is 7. The van der Waals surface area contributed by atoms with Gasteiger partial charge < -0.3 is 8.98 Å². The number of aliphatic imine (C=N–C) groups is 1. The Bertz CT molecular complexity index is 3470. The third-order valence-electron chi connectivity index (χ3n) is 11.6. The highest BCUT2D eigenvalue weighted by atomic mass is 32.1. The summed E-state index contributed by atoms with van der Waals surface area (Å²) in [5.74, 6) is 0. The lowest BCUT2D eigenvalue weighted by Gasteiger charge is -2.11. The van der Waals surface area contributed by atoms with Crippen LogP contribution in [-0.2, 0) is 0 Å². The average molecular weight is 748 g/mol. The minimum Gasteiger partial charge on any atom is -0.456 e. The minimum atomic E-state index is 0.890. The fraction of sp³-hybridized carbons (Fsp3) is 0.0385. The van der Waals surface area contributed by atoms with E-state index in [1.54, 1.807) is 0 Å². The van der Waals surface area contributed by atoms with Gasteiger partial charge in [0.2, 0.25) is 0 Å². The van der Waals surface area contributed by atoms with Crippen molar-refractivity contribution in [3.63, 3.8) is 0 Å². The van der Waals surface area contributed by atoms with Gasteiger partial charge in [0.05, 0.1) is 16.7 Å². The van der Waals surface area contributed by atoms with Gasteiger partial charge in [-0.05, 0) is 132 Å². The summed E-state index contributed by atoms with van der Waals surface area (Å²) in [6.07, 6.45) is 7.88. The molecule has 11 aromatic rings. The summed E-state index contributed by atoms with van der Waals surface area (Å²) in [5, 5.41) is 7.23. The molecule has 0 saturated heterocycles. The van der Waals surface area contributed by atoms with E-state index in [2.05, 4.69) is 167 Å². The third kappa shape index (κ3) is 5.20. The molecule has 0 unspecified atom stereocenters. The lowest BCUT2D eigenvalue weighted by molar-refractivity contribution is 0.669. The number of nitrogens with zero attached hydrogens (tertiary/aromatic N) is 3. The molecule has 7 aromatic carbocycles. The molecule has 268 valence electrons. The Balaban J connectivity index is 1.07. The minimum absolute atomic E-state index is 0.890. The summed E-state index contributed by atoms with van der Waals surface area (Å²) in [6, 6.07) is 57.3. The predicted molar refractivity (Wildman–Crippen MR) is 240 cm³/mol. The van der Waals surface area contributed by atoms with Gasteiger partial charge in [-0.25, -0.2) is 0 Å². The molecule has 1 aliphatic rings. The highest BCUT2D eigenvalue weighted by Gasteiger charge is 2.18. The number of allylic oxidation sites excluding steroid dienone is 1. The number of hydrogen-bond acceptors (Lipinski definition) is 4. The summed E-state index contributed by atoms with van der Waals surface area (Å²) in [5.41, 5.74) is 14.3. The van der Waals surface area contributed by atoms with Crippen LogP contribution in [0.25, 0.3) is 103 Å². The van der Waals surface area contributed by atoms with Crippen molar-refractivity contribution < 1.29 is 4.42 Å². The largest absolute Gasteiger partial charge is 0.456 e. The van der Waals surface area contributed by atoms with E-state index in [9.17, 15) is 0 Å². The van der Waals surface area contributed by atoms with Gasteiger partial charge in [-0.1, -0.05) is 72.8 Å². The van der Waals surface area contributed by atoms with Crippen LogP contribution in [0.3, 0.4) is 0 Å². The smallest absolute Gasteiger partial charge is 0.135 e. The Morgan fingerprint density at radius 1 is 0.509 bits per heavy atom. The van der Waals surface area contributed by atoms with Crippen LogP contribution in [0, 0.1) is 0 Å². The van der Waals surface area contributed by atoms with E-state index in [1.165, 1.54) is 42.0 Å². The Hall–Kier alpha value is -7.08. The lowest BCUT2D eigenvalue weighted by atomic mass is 9.95. The zero-order valence-electron chi connectivity index (χ0n) is 30.8. The maximum absolute atomic E-state index is 6.35. The van der Waals surface area contributed by atoms with Crippen LogP contribution in [0.4, 0.5) is 0 Å². The zero-order valence-corrected chi connectivity index (χ0v) is 31.6. The molecule has 0 amide bonds. The van der Waals surface area contributed by atoms with Gasteiger partial charge in [-0.2, -0.15) is 0 Å². The van der Waals surface area contributed by atoms with E-state index in [1.807, 2.05) is 29.8 Å². The summed E-state index contributed by atoms with van der Waals surface area (Å²) in [4.78, 5) is 9.41. The Morgan fingerprint density at radius 2 is 1.18 bits per heavy atom. The monoisotopic (exact) mass is 747 g/mol. The number of aromatic nitrogens is 2. The van der Waals surface area contributed by atoms with Gasteiger partial charge in [-0.15, -0.1) is 11.3 Å². The number of rotatable bonds is 5. The molecule has 0 aliphatic carbocycles. The first-order valence-electron chi connectivity index (χ1n) is 19.4. The topological polar surface area (TPSA) is 43.3 Å². The first-order chi connectivity index (χ1) is 28.2. The van der Waals surface area contributed by atoms with Crippen LogP contribution < -0.4 is 0 Å². The van der Waals surface area contributed by atoms with Gasteiger partial charge in [0.15, 0.2) is 0 Å². The van der Waals surface area contributed by atoms with Crippen molar-refractivity contribution in [1.29, 1.82) is 0 Å². The van der Waals surface area contributed by atoms with Gasteiger partial charge in [-0.3, -0.25) is 9.98 Å². The van der Waals surface area contributed by atoms with Crippen molar-refractivity contribution in [1.82, 2.24) is 9.55 Å². The standard InChI is InChI=1S/C52H33N3OS/c1-2-10-38(46-13-6-8-26-54-46)37(9-1)34-16-21-48-41(29-34)40-27-32(15-20-47(40)55(48)36-19-24-52-44(31-36)39-11-3-4-14-51(39)57-52)33-17-22-49-42(28-33)43-30-35(18-23-50(43)56-49)45-12-5-7-25-53-45/h1-4,6-11,13-31H,5,12H2.